The number of hydrogen-bond acceptors (Lipinski definition) is 5. The van der Waals surface area contributed by atoms with Gasteiger partial charge < -0.3 is 20.9 Å². The fourth-order valence-corrected chi connectivity index (χ4v) is 3.23. The number of rotatable bonds is 8. The molecule has 0 fully saturated rings. The van der Waals surface area contributed by atoms with Gasteiger partial charge in [-0.15, -0.1) is 0 Å². The molecule has 1 aliphatic rings. The van der Waals surface area contributed by atoms with Crippen LogP contribution in [-0.4, -0.2) is 34.8 Å². The van der Waals surface area contributed by atoms with E-state index < -0.39 is 29.4 Å². The molecule has 2 unspecified atom stereocenters. The van der Waals surface area contributed by atoms with E-state index in [-0.39, 0.29) is 12.4 Å². The van der Waals surface area contributed by atoms with Crippen molar-refractivity contribution < 1.29 is 23.4 Å². The van der Waals surface area contributed by atoms with Crippen LogP contribution in [0.1, 0.15) is 32.8 Å². The van der Waals surface area contributed by atoms with E-state index in [9.17, 15) is 18.7 Å². The minimum absolute atomic E-state index is 0.0391. The van der Waals surface area contributed by atoms with E-state index >= 15 is 0 Å². The first kappa shape index (κ1) is 21.6. The monoisotopic (exact) mass is 396 g/mol. The van der Waals surface area contributed by atoms with Crippen molar-refractivity contribution in [1.29, 1.82) is 0 Å². The molecule has 1 aromatic rings. The molecule has 9 heteroatoms. The standard InChI is InChI=1S/C19H26F2N4O3/c1-12(2)10-18(3,22)11-28-14-4-7-19(25-17(26)27,24-15(14)16(20)21)13-5-8-23-9-6-13/h4-9,12,16,24-25H,10-11,22H2,1-3H3,(H,26,27). The zero-order valence-electron chi connectivity index (χ0n) is 16.1. The van der Waals surface area contributed by atoms with Gasteiger partial charge in [0, 0.05) is 23.5 Å². The van der Waals surface area contributed by atoms with Gasteiger partial charge in [-0.2, -0.15) is 0 Å². The molecule has 1 aliphatic heterocycles. The van der Waals surface area contributed by atoms with Gasteiger partial charge in [0.1, 0.15) is 18.1 Å². The fraction of sp³-hybridized carbons (Fsp3) is 0.474. The highest BCUT2D eigenvalue weighted by atomic mass is 19.3. The van der Waals surface area contributed by atoms with Gasteiger partial charge in [-0.25, -0.2) is 13.6 Å². The highest BCUT2D eigenvalue weighted by Crippen LogP contribution is 2.30. The van der Waals surface area contributed by atoms with Crippen molar-refractivity contribution in [2.24, 2.45) is 11.7 Å². The third-order valence-corrected chi connectivity index (χ3v) is 4.17. The number of alkyl halides is 2. The maximum Gasteiger partial charge on any atom is 0.407 e. The average Bonchev–Trinajstić information content (AvgIpc) is 2.59. The topological polar surface area (TPSA) is 110 Å². The Balaban J connectivity index is 2.31. The number of nitrogens with one attached hydrogen (secondary N) is 2. The predicted octanol–water partition coefficient (Wildman–Crippen LogP) is 2.92. The first-order valence-corrected chi connectivity index (χ1v) is 8.88. The van der Waals surface area contributed by atoms with Gasteiger partial charge >= 0.3 is 6.09 Å². The van der Waals surface area contributed by atoms with Crippen molar-refractivity contribution in [3.8, 4) is 0 Å². The molecule has 0 saturated heterocycles. The maximum atomic E-state index is 13.7. The Morgan fingerprint density at radius 1 is 1.43 bits per heavy atom. The number of dihydropyridines is 1. The average molecular weight is 396 g/mol. The second-order valence-corrected chi connectivity index (χ2v) is 7.55. The first-order chi connectivity index (χ1) is 13.0. The number of carbonyl (C=O) groups is 1. The molecule has 0 spiro atoms. The predicted molar refractivity (Wildman–Crippen MR) is 100 cm³/mol. The van der Waals surface area contributed by atoms with Crippen LogP contribution in [0.3, 0.4) is 0 Å². The summed E-state index contributed by atoms with van der Waals surface area (Å²) in [7, 11) is 0. The molecule has 154 valence electrons. The minimum atomic E-state index is -2.91. The Morgan fingerprint density at radius 3 is 2.61 bits per heavy atom. The summed E-state index contributed by atoms with van der Waals surface area (Å²) in [6.07, 6.45) is 2.01. The van der Waals surface area contributed by atoms with Gasteiger partial charge in [0.05, 0.1) is 0 Å². The van der Waals surface area contributed by atoms with E-state index in [4.69, 9.17) is 10.5 Å². The van der Waals surface area contributed by atoms with Crippen LogP contribution in [0.5, 0.6) is 0 Å². The number of pyridine rings is 1. The van der Waals surface area contributed by atoms with Crippen molar-refractivity contribution in [1.82, 2.24) is 15.6 Å². The third-order valence-electron chi connectivity index (χ3n) is 4.17. The van der Waals surface area contributed by atoms with E-state index in [1.165, 1.54) is 36.7 Å². The summed E-state index contributed by atoms with van der Waals surface area (Å²) in [5, 5.41) is 14.1. The lowest BCUT2D eigenvalue weighted by atomic mass is 9.92. The molecule has 2 heterocycles. The van der Waals surface area contributed by atoms with E-state index in [0.717, 1.165) is 0 Å². The summed E-state index contributed by atoms with van der Waals surface area (Å²) in [4.78, 5) is 15.2. The van der Waals surface area contributed by atoms with Crippen LogP contribution in [0.2, 0.25) is 0 Å². The zero-order valence-corrected chi connectivity index (χ0v) is 16.1. The zero-order chi connectivity index (χ0) is 20.9. The molecule has 2 rings (SSSR count). The van der Waals surface area contributed by atoms with E-state index in [1.54, 1.807) is 6.92 Å². The summed E-state index contributed by atoms with van der Waals surface area (Å²) in [6, 6.07) is 3.06. The molecule has 7 nitrogen and oxygen atoms in total. The SMILES string of the molecule is CC(C)CC(C)(N)COC1=C(C(F)F)NC(NC(=O)O)(c2ccncc2)C=C1. The quantitative estimate of drug-likeness (QED) is 0.538. The second kappa shape index (κ2) is 8.55. The molecule has 1 amide bonds. The molecule has 2 atom stereocenters. The summed E-state index contributed by atoms with van der Waals surface area (Å²) in [6.45, 7) is 5.86. The van der Waals surface area contributed by atoms with Crippen LogP contribution in [0.15, 0.2) is 48.1 Å². The summed E-state index contributed by atoms with van der Waals surface area (Å²) < 4.78 is 33.1. The highest BCUT2D eigenvalue weighted by Gasteiger charge is 2.38. The van der Waals surface area contributed by atoms with E-state index in [1.807, 2.05) is 13.8 Å². The maximum absolute atomic E-state index is 13.7. The molecule has 0 aliphatic carbocycles. The van der Waals surface area contributed by atoms with Crippen molar-refractivity contribution in [3.05, 3.63) is 53.7 Å². The Bertz CT molecular complexity index is 751. The number of allylic oxidation sites excluding steroid dienone is 2. The number of halogens is 2. The van der Waals surface area contributed by atoms with Crippen molar-refractivity contribution in [3.63, 3.8) is 0 Å². The van der Waals surface area contributed by atoms with Crippen LogP contribution in [0.4, 0.5) is 13.6 Å². The van der Waals surface area contributed by atoms with Crippen molar-refractivity contribution >= 4 is 6.09 Å². The van der Waals surface area contributed by atoms with Crippen LogP contribution in [0.25, 0.3) is 0 Å². The molecular weight excluding hydrogens is 370 g/mol. The number of aromatic nitrogens is 1. The van der Waals surface area contributed by atoms with Crippen LogP contribution >= 0.6 is 0 Å². The smallest absolute Gasteiger partial charge is 0.407 e. The largest absolute Gasteiger partial charge is 0.490 e. The Labute approximate surface area is 162 Å². The number of hydrogen-bond donors (Lipinski definition) is 4. The number of amides is 1. The van der Waals surface area contributed by atoms with Gasteiger partial charge in [0.15, 0.2) is 5.66 Å². The fourth-order valence-electron chi connectivity index (χ4n) is 3.23. The van der Waals surface area contributed by atoms with E-state index in [2.05, 4.69) is 15.6 Å². The van der Waals surface area contributed by atoms with Gasteiger partial charge in [0.2, 0.25) is 0 Å². The van der Waals surface area contributed by atoms with Crippen LogP contribution in [0, 0.1) is 5.92 Å². The highest BCUT2D eigenvalue weighted by molar-refractivity contribution is 5.67. The lowest BCUT2D eigenvalue weighted by Gasteiger charge is -2.37. The van der Waals surface area contributed by atoms with E-state index in [0.29, 0.717) is 17.9 Å². The number of ether oxygens (including phenoxy) is 1. The van der Waals surface area contributed by atoms with Crippen LogP contribution in [-0.2, 0) is 10.4 Å². The number of nitrogens with zero attached hydrogens (tertiary/aromatic N) is 1. The van der Waals surface area contributed by atoms with Crippen molar-refractivity contribution in [2.75, 3.05) is 6.61 Å². The first-order valence-electron chi connectivity index (χ1n) is 8.88. The van der Waals surface area contributed by atoms with Crippen molar-refractivity contribution in [2.45, 2.75) is 44.8 Å². The van der Waals surface area contributed by atoms with Gasteiger partial charge in [-0.05, 0) is 43.5 Å². The van der Waals surface area contributed by atoms with Gasteiger partial charge in [-0.1, -0.05) is 13.8 Å². The lowest BCUT2D eigenvalue weighted by Crippen LogP contribution is -2.56. The summed E-state index contributed by atoms with van der Waals surface area (Å²) >= 11 is 0. The molecule has 0 bridgehead atoms. The molecular formula is C19H26F2N4O3. The molecule has 0 radical (unpaired) electrons. The number of nitrogens with two attached hydrogens (primary N) is 1. The Hall–Kier alpha value is -2.68. The number of carboxylic acid groups (broad SMARTS) is 1. The molecule has 5 N–H and O–H groups in total. The molecule has 28 heavy (non-hydrogen) atoms. The Kier molecular flexibility index (Phi) is 6.60. The lowest BCUT2D eigenvalue weighted by molar-refractivity contribution is 0.114. The molecule has 0 aromatic carbocycles. The van der Waals surface area contributed by atoms with Gasteiger partial charge in [0.25, 0.3) is 6.43 Å². The van der Waals surface area contributed by atoms with Gasteiger partial charge in [-0.3, -0.25) is 10.3 Å². The molecule has 0 saturated carbocycles. The van der Waals surface area contributed by atoms with Crippen LogP contribution < -0.4 is 16.4 Å². The third kappa shape index (κ3) is 5.41. The second-order valence-electron chi connectivity index (χ2n) is 7.55. The summed E-state index contributed by atoms with van der Waals surface area (Å²) in [5.74, 6) is 0.244. The molecule has 1 aromatic heterocycles. The summed E-state index contributed by atoms with van der Waals surface area (Å²) in [5.41, 5.74) is 3.81. The normalized spacial score (nSPS) is 21.4. The minimum Gasteiger partial charge on any atom is -0.490 e. The Morgan fingerprint density at radius 2 is 2.07 bits per heavy atom.